The van der Waals surface area contributed by atoms with Gasteiger partial charge in [-0.25, -0.2) is 0 Å². The van der Waals surface area contributed by atoms with Crippen molar-refractivity contribution in [1.82, 2.24) is 0 Å². The molecule has 5 heteroatoms. The van der Waals surface area contributed by atoms with Gasteiger partial charge in [-0.05, 0) is 30.3 Å². The van der Waals surface area contributed by atoms with Crippen molar-refractivity contribution in [2.24, 2.45) is 0 Å². The highest BCUT2D eigenvalue weighted by atomic mass is 35.5. The minimum absolute atomic E-state index is 0.210. The lowest BCUT2D eigenvalue weighted by Gasteiger charge is -2.10. The number of anilines is 1. The van der Waals surface area contributed by atoms with E-state index >= 15 is 0 Å². The predicted octanol–water partition coefficient (Wildman–Crippen LogP) is 3.17. The Kier molecular flexibility index (Phi) is 4.15. The fourth-order valence-corrected chi connectivity index (χ4v) is 2.13. The summed E-state index contributed by atoms with van der Waals surface area (Å²) in [5, 5.41) is 0.417. The quantitative estimate of drug-likeness (QED) is 0.694. The Morgan fingerprint density at radius 1 is 1.10 bits per heavy atom. The normalized spacial score (nSPS) is 10.2. The summed E-state index contributed by atoms with van der Waals surface area (Å²) < 4.78 is 10.3. The van der Waals surface area contributed by atoms with Crippen molar-refractivity contribution in [3.05, 3.63) is 52.5 Å². The molecule has 0 saturated carbocycles. The van der Waals surface area contributed by atoms with Crippen LogP contribution in [0.15, 0.2) is 36.4 Å². The Morgan fingerprint density at radius 3 is 2.45 bits per heavy atom. The lowest BCUT2D eigenvalue weighted by Crippen LogP contribution is -2.05. The molecule has 0 radical (unpaired) electrons. The topological polar surface area (TPSA) is 61.5 Å². The van der Waals surface area contributed by atoms with Gasteiger partial charge >= 0.3 is 0 Å². The van der Waals surface area contributed by atoms with Crippen molar-refractivity contribution < 1.29 is 14.3 Å². The number of hydrogen-bond donors (Lipinski definition) is 1. The number of carbonyl (C=O) groups excluding carboxylic acids is 1. The first-order valence-corrected chi connectivity index (χ1v) is 6.25. The molecule has 0 fully saturated rings. The number of nitrogens with two attached hydrogens (primary N) is 1. The molecule has 0 aliphatic heterocycles. The van der Waals surface area contributed by atoms with E-state index in [9.17, 15) is 4.79 Å². The molecule has 0 unspecified atom stereocenters. The van der Waals surface area contributed by atoms with Crippen molar-refractivity contribution in [1.29, 1.82) is 0 Å². The largest absolute Gasteiger partial charge is 0.497 e. The van der Waals surface area contributed by atoms with Crippen LogP contribution in [0.5, 0.6) is 11.5 Å². The van der Waals surface area contributed by atoms with Crippen LogP contribution in [-0.4, -0.2) is 20.0 Å². The summed E-state index contributed by atoms with van der Waals surface area (Å²) in [5.74, 6) is 0.843. The molecular weight excluding hydrogens is 278 g/mol. The summed E-state index contributed by atoms with van der Waals surface area (Å²) >= 11 is 5.92. The molecule has 0 aliphatic carbocycles. The van der Waals surface area contributed by atoms with Gasteiger partial charge < -0.3 is 15.2 Å². The van der Waals surface area contributed by atoms with E-state index in [0.717, 1.165) is 0 Å². The third-order valence-electron chi connectivity index (χ3n) is 2.84. The van der Waals surface area contributed by atoms with Crippen molar-refractivity contribution in [2.75, 3.05) is 20.0 Å². The zero-order valence-electron chi connectivity index (χ0n) is 11.1. The van der Waals surface area contributed by atoms with Crippen molar-refractivity contribution in [3.8, 4) is 11.5 Å². The van der Waals surface area contributed by atoms with Crippen molar-refractivity contribution >= 4 is 23.1 Å². The number of carbonyl (C=O) groups is 1. The minimum Gasteiger partial charge on any atom is -0.497 e. The molecule has 0 spiro atoms. The number of halogens is 1. The number of hydrogen-bond acceptors (Lipinski definition) is 4. The van der Waals surface area contributed by atoms with Crippen molar-refractivity contribution in [3.63, 3.8) is 0 Å². The van der Waals surface area contributed by atoms with E-state index in [0.29, 0.717) is 33.3 Å². The van der Waals surface area contributed by atoms with Gasteiger partial charge in [0.1, 0.15) is 11.5 Å². The molecule has 0 atom stereocenters. The van der Waals surface area contributed by atoms with Gasteiger partial charge in [-0.3, -0.25) is 4.79 Å². The number of methoxy groups -OCH3 is 2. The Labute approximate surface area is 122 Å². The highest BCUT2D eigenvalue weighted by molar-refractivity contribution is 6.31. The van der Waals surface area contributed by atoms with Gasteiger partial charge in [0.2, 0.25) is 0 Å². The standard InChI is InChI=1S/C15H14ClNO3/c1-19-12-3-4-13(14(8-12)20-2)15(18)9-5-10(16)7-11(17)6-9/h3-8H,17H2,1-2H3. The fraction of sp³-hybridized carbons (Fsp3) is 0.133. The number of benzene rings is 2. The summed E-state index contributed by atoms with van der Waals surface area (Å²) in [7, 11) is 3.05. The monoisotopic (exact) mass is 291 g/mol. The first kappa shape index (κ1) is 14.2. The number of nitrogen functional groups attached to an aromatic ring is 1. The molecule has 0 heterocycles. The second-order valence-electron chi connectivity index (χ2n) is 4.17. The van der Waals surface area contributed by atoms with E-state index in [1.54, 1.807) is 43.5 Å². The van der Waals surface area contributed by atoms with Crippen LogP contribution in [0, 0.1) is 0 Å². The van der Waals surface area contributed by atoms with Gasteiger partial charge in [0.15, 0.2) is 5.78 Å². The highest BCUT2D eigenvalue weighted by Gasteiger charge is 2.16. The maximum absolute atomic E-state index is 12.5. The molecule has 0 saturated heterocycles. The van der Waals surface area contributed by atoms with Crippen LogP contribution in [-0.2, 0) is 0 Å². The number of ether oxygens (including phenoxy) is 2. The summed E-state index contributed by atoms with van der Waals surface area (Å²) in [5.41, 5.74) is 6.98. The minimum atomic E-state index is -0.210. The molecule has 2 aromatic carbocycles. The Balaban J connectivity index is 2.47. The third-order valence-corrected chi connectivity index (χ3v) is 3.05. The zero-order chi connectivity index (χ0) is 14.7. The smallest absolute Gasteiger partial charge is 0.196 e. The highest BCUT2D eigenvalue weighted by Crippen LogP contribution is 2.28. The lowest BCUT2D eigenvalue weighted by molar-refractivity contribution is 0.103. The van der Waals surface area contributed by atoms with E-state index in [1.807, 2.05) is 0 Å². The number of rotatable bonds is 4. The molecular formula is C15H14ClNO3. The van der Waals surface area contributed by atoms with Crippen LogP contribution < -0.4 is 15.2 Å². The van der Waals surface area contributed by atoms with Crippen LogP contribution in [0.2, 0.25) is 5.02 Å². The van der Waals surface area contributed by atoms with Gasteiger partial charge in [-0.1, -0.05) is 11.6 Å². The summed E-state index contributed by atoms with van der Waals surface area (Å²) in [6, 6.07) is 9.74. The maximum atomic E-state index is 12.5. The molecule has 4 nitrogen and oxygen atoms in total. The SMILES string of the molecule is COc1ccc(C(=O)c2cc(N)cc(Cl)c2)c(OC)c1. The maximum Gasteiger partial charge on any atom is 0.196 e. The molecule has 2 aromatic rings. The molecule has 0 aromatic heterocycles. The van der Waals surface area contributed by atoms with Crippen LogP contribution >= 0.6 is 11.6 Å². The van der Waals surface area contributed by atoms with Gasteiger partial charge in [-0.15, -0.1) is 0 Å². The Bertz CT molecular complexity index is 635. The van der Waals surface area contributed by atoms with Gasteiger partial charge in [0, 0.05) is 22.3 Å². The summed E-state index contributed by atoms with van der Waals surface area (Å²) in [4.78, 5) is 12.5. The van der Waals surface area contributed by atoms with E-state index in [2.05, 4.69) is 0 Å². The predicted molar refractivity (Wildman–Crippen MR) is 78.8 cm³/mol. The molecule has 2 rings (SSSR count). The van der Waals surface area contributed by atoms with E-state index in [-0.39, 0.29) is 5.78 Å². The van der Waals surface area contributed by atoms with Crippen LogP contribution in [0.25, 0.3) is 0 Å². The fourth-order valence-electron chi connectivity index (χ4n) is 1.89. The average molecular weight is 292 g/mol. The van der Waals surface area contributed by atoms with Crippen LogP contribution in [0.1, 0.15) is 15.9 Å². The third kappa shape index (κ3) is 2.86. The van der Waals surface area contributed by atoms with E-state index in [1.165, 1.54) is 7.11 Å². The molecule has 0 amide bonds. The Morgan fingerprint density at radius 2 is 1.85 bits per heavy atom. The second-order valence-corrected chi connectivity index (χ2v) is 4.61. The summed E-state index contributed by atoms with van der Waals surface area (Å²) in [6.45, 7) is 0. The molecule has 0 aliphatic rings. The van der Waals surface area contributed by atoms with Crippen LogP contribution in [0.4, 0.5) is 5.69 Å². The first-order valence-electron chi connectivity index (χ1n) is 5.88. The van der Waals surface area contributed by atoms with E-state index < -0.39 is 0 Å². The number of ketones is 1. The summed E-state index contributed by atoms with van der Waals surface area (Å²) in [6.07, 6.45) is 0. The second kappa shape index (κ2) is 5.84. The van der Waals surface area contributed by atoms with Crippen molar-refractivity contribution in [2.45, 2.75) is 0 Å². The van der Waals surface area contributed by atoms with E-state index in [4.69, 9.17) is 26.8 Å². The first-order chi connectivity index (χ1) is 9.55. The van der Waals surface area contributed by atoms with Gasteiger partial charge in [0.05, 0.1) is 19.8 Å². The zero-order valence-corrected chi connectivity index (χ0v) is 11.9. The molecule has 2 N–H and O–H groups in total. The molecule has 104 valence electrons. The van der Waals surface area contributed by atoms with Gasteiger partial charge in [-0.2, -0.15) is 0 Å². The van der Waals surface area contributed by atoms with Gasteiger partial charge in [0.25, 0.3) is 0 Å². The Hall–Kier alpha value is -2.20. The lowest BCUT2D eigenvalue weighted by atomic mass is 10.0. The average Bonchev–Trinajstić information content (AvgIpc) is 2.44. The molecule has 0 bridgehead atoms. The van der Waals surface area contributed by atoms with Crippen LogP contribution in [0.3, 0.4) is 0 Å². The molecule has 20 heavy (non-hydrogen) atoms.